The highest BCUT2D eigenvalue weighted by molar-refractivity contribution is 7.80. The van der Waals surface area contributed by atoms with Gasteiger partial charge in [-0.05, 0) is 87.7 Å². The van der Waals surface area contributed by atoms with E-state index in [2.05, 4.69) is 44.3 Å². The molecule has 1 saturated carbocycles. The number of hydrogen-bond acceptors (Lipinski definition) is 3. The predicted octanol–water partition coefficient (Wildman–Crippen LogP) is 4.87. The lowest BCUT2D eigenvalue weighted by Crippen LogP contribution is -2.57. The van der Waals surface area contributed by atoms with Gasteiger partial charge >= 0.3 is 0 Å². The lowest BCUT2D eigenvalue weighted by molar-refractivity contribution is -0.139. The molecule has 4 nitrogen and oxygen atoms in total. The average Bonchev–Trinajstić information content (AvgIpc) is 3.15. The first-order chi connectivity index (χ1) is 14.4. The third-order valence-corrected chi connectivity index (χ3v) is 8.06. The summed E-state index contributed by atoms with van der Waals surface area (Å²) in [4.78, 5) is 15.9. The maximum Gasteiger partial charge on any atom is 0.259 e. The van der Waals surface area contributed by atoms with Crippen LogP contribution in [0.1, 0.15) is 82.4 Å². The molecule has 1 aromatic rings. The molecular formula is C25H36N2O2S. The summed E-state index contributed by atoms with van der Waals surface area (Å²) >= 11 is 5.72. The normalized spacial score (nSPS) is 30.6. The summed E-state index contributed by atoms with van der Waals surface area (Å²) in [6.07, 6.45) is 9.94. The lowest BCUT2D eigenvalue weighted by atomic mass is 9.61. The fourth-order valence-corrected chi connectivity index (χ4v) is 6.58. The van der Waals surface area contributed by atoms with Crippen molar-refractivity contribution in [2.45, 2.75) is 96.2 Å². The van der Waals surface area contributed by atoms with Gasteiger partial charge in [-0.1, -0.05) is 38.0 Å². The van der Waals surface area contributed by atoms with Crippen LogP contribution in [-0.4, -0.2) is 35.2 Å². The second-order valence-electron chi connectivity index (χ2n) is 9.79. The fourth-order valence-electron chi connectivity index (χ4n) is 6.13. The summed E-state index contributed by atoms with van der Waals surface area (Å²) in [5.74, 6) is 0.155. The minimum atomic E-state index is -0.719. The highest BCUT2D eigenvalue weighted by Crippen LogP contribution is 2.60. The molecule has 1 saturated heterocycles. The molecule has 2 aliphatic carbocycles. The molecule has 1 atom stereocenters. The van der Waals surface area contributed by atoms with Crippen LogP contribution in [0.15, 0.2) is 18.2 Å². The number of unbranched alkanes of at least 4 members (excludes halogenated alkanes) is 2. The second kappa shape index (κ2) is 8.23. The molecule has 0 radical (unpaired) electrons. The summed E-state index contributed by atoms with van der Waals surface area (Å²) in [6, 6.07) is 6.94. The first-order valence-electron chi connectivity index (χ1n) is 11.7. The third kappa shape index (κ3) is 3.20. The summed E-state index contributed by atoms with van der Waals surface area (Å²) in [7, 11) is 1.80. The number of nitrogens with one attached hydrogen (secondary N) is 1. The molecule has 164 valence electrons. The highest BCUT2D eigenvalue weighted by atomic mass is 32.1. The van der Waals surface area contributed by atoms with E-state index in [4.69, 9.17) is 17.0 Å². The number of nitrogens with zero attached hydrogens (tertiary/aromatic N) is 1. The maximum atomic E-state index is 14.1. The van der Waals surface area contributed by atoms with Crippen LogP contribution in [0, 0.1) is 5.41 Å². The Morgan fingerprint density at radius 3 is 2.60 bits per heavy atom. The summed E-state index contributed by atoms with van der Waals surface area (Å²) in [6.45, 7) is 6.34. The smallest absolute Gasteiger partial charge is 0.259 e. The number of rotatable bonds is 6. The number of ether oxygens (including phenoxy) is 1. The Hall–Kier alpha value is -1.46. The van der Waals surface area contributed by atoms with E-state index < -0.39 is 5.54 Å². The van der Waals surface area contributed by atoms with E-state index in [0.29, 0.717) is 11.2 Å². The van der Waals surface area contributed by atoms with Crippen LogP contribution >= 0.6 is 12.2 Å². The SMILES string of the molecule is CCCCCc1ccc2c(c1)C1(NC(=S)N(C(C)C)C1=O)C1(CCC(OC)CC1)C2. The quantitative estimate of drug-likeness (QED) is 0.518. The first kappa shape index (κ1) is 21.8. The number of aryl methyl sites for hydroxylation is 1. The molecule has 1 amide bonds. The third-order valence-electron chi connectivity index (χ3n) is 7.76. The summed E-state index contributed by atoms with van der Waals surface area (Å²) in [5, 5.41) is 4.21. The largest absolute Gasteiger partial charge is 0.381 e. The molecule has 3 aliphatic rings. The lowest BCUT2D eigenvalue weighted by Gasteiger charge is -2.46. The maximum absolute atomic E-state index is 14.1. The zero-order chi connectivity index (χ0) is 21.5. The number of methoxy groups -OCH3 is 1. The van der Waals surface area contributed by atoms with Gasteiger partial charge in [0.05, 0.1) is 6.10 Å². The van der Waals surface area contributed by atoms with Crippen molar-refractivity contribution in [3.63, 3.8) is 0 Å². The summed E-state index contributed by atoms with van der Waals surface area (Å²) < 4.78 is 5.66. The topological polar surface area (TPSA) is 41.6 Å². The van der Waals surface area contributed by atoms with Crippen LogP contribution in [0.3, 0.4) is 0 Å². The van der Waals surface area contributed by atoms with Gasteiger partial charge in [0.15, 0.2) is 10.7 Å². The second-order valence-corrected chi connectivity index (χ2v) is 10.2. The zero-order valence-electron chi connectivity index (χ0n) is 18.9. The minimum Gasteiger partial charge on any atom is -0.381 e. The molecular weight excluding hydrogens is 392 g/mol. The van der Waals surface area contributed by atoms with Gasteiger partial charge in [-0.2, -0.15) is 0 Å². The molecule has 0 bridgehead atoms. The average molecular weight is 429 g/mol. The Kier molecular flexibility index (Phi) is 5.97. The van der Waals surface area contributed by atoms with Crippen LogP contribution < -0.4 is 5.32 Å². The molecule has 30 heavy (non-hydrogen) atoms. The minimum absolute atomic E-state index is 0.0565. The van der Waals surface area contributed by atoms with Crippen molar-refractivity contribution in [1.29, 1.82) is 0 Å². The number of thiocarbonyl (C=S) groups is 1. The van der Waals surface area contributed by atoms with Gasteiger partial charge in [0.25, 0.3) is 5.91 Å². The van der Waals surface area contributed by atoms with Crippen molar-refractivity contribution in [1.82, 2.24) is 10.2 Å². The number of carbonyl (C=O) groups excluding carboxylic acids is 1. The van der Waals surface area contributed by atoms with Crippen LogP contribution in [0.25, 0.3) is 0 Å². The van der Waals surface area contributed by atoms with Gasteiger partial charge in [0, 0.05) is 18.6 Å². The highest BCUT2D eigenvalue weighted by Gasteiger charge is 2.67. The Balaban J connectivity index is 1.78. The van der Waals surface area contributed by atoms with Gasteiger partial charge in [-0.15, -0.1) is 0 Å². The van der Waals surface area contributed by atoms with Crippen LogP contribution in [0.4, 0.5) is 0 Å². The monoisotopic (exact) mass is 428 g/mol. The molecule has 1 unspecified atom stereocenters. The first-order valence-corrected chi connectivity index (χ1v) is 12.1. The van der Waals surface area contributed by atoms with Crippen LogP contribution in [-0.2, 0) is 27.9 Å². The Morgan fingerprint density at radius 2 is 2.00 bits per heavy atom. The van der Waals surface area contributed by atoms with Gasteiger partial charge in [0.1, 0.15) is 0 Å². The van der Waals surface area contributed by atoms with Crippen molar-refractivity contribution in [3.05, 3.63) is 34.9 Å². The molecule has 4 rings (SSSR count). The van der Waals surface area contributed by atoms with E-state index in [-0.39, 0.29) is 17.4 Å². The Morgan fingerprint density at radius 1 is 1.27 bits per heavy atom. The predicted molar refractivity (Wildman–Crippen MR) is 124 cm³/mol. The van der Waals surface area contributed by atoms with Crippen LogP contribution in [0.5, 0.6) is 0 Å². The Bertz CT molecular complexity index is 828. The van der Waals surface area contributed by atoms with Crippen molar-refractivity contribution in [2.75, 3.05) is 7.11 Å². The molecule has 2 fully saturated rings. The van der Waals surface area contributed by atoms with Gasteiger partial charge in [-0.3, -0.25) is 9.69 Å². The van der Waals surface area contributed by atoms with Gasteiger partial charge in [0.2, 0.25) is 0 Å². The van der Waals surface area contributed by atoms with E-state index in [0.717, 1.165) is 38.5 Å². The standard InChI is InChI=1S/C25H36N2O2S/c1-5-6-7-8-18-9-10-19-16-24(13-11-20(29-4)12-14-24)25(21(19)15-18)22(28)27(17(2)3)23(30)26-25/h9-10,15,17,20H,5-8,11-14,16H2,1-4H3,(H,26,30). The number of fused-ring (bicyclic) bond motifs is 3. The zero-order valence-corrected chi connectivity index (χ0v) is 19.7. The molecule has 1 N–H and O–H groups in total. The number of carbonyl (C=O) groups is 1. The summed E-state index contributed by atoms with van der Waals surface area (Å²) in [5.41, 5.74) is 3.00. The molecule has 1 aromatic carbocycles. The van der Waals surface area contributed by atoms with E-state index in [9.17, 15) is 4.79 Å². The van der Waals surface area contributed by atoms with E-state index in [1.807, 2.05) is 4.90 Å². The number of benzene rings is 1. The van der Waals surface area contributed by atoms with Crippen molar-refractivity contribution in [2.24, 2.45) is 5.41 Å². The Labute approximate surface area is 186 Å². The fraction of sp³-hybridized carbons (Fsp3) is 0.680. The van der Waals surface area contributed by atoms with Crippen LogP contribution in [0.2, 0.25) is 0 Å². The molecule has 2 spiro atoms. The van der Waals surface area contributed by atoms with E-state index in [1.54, 1.807) is 7.11 Å². The van der Waals surface area contributed by atoms with E-state index >= 15 is 0 Å². The number of hydrogen-bond donors (Lipinski definition) is 1. The molecule has 0 aromatic heterocycles. The molecule has 1 heterocycles. The van der Waals surface area contributed by atoms with Gasteiger partial charge < -0.3 is 10.1 Å². The van der Waals surface area contributed by atoms with Crippen molar-refractivity contribution < 1.29 is 9.53 Å². The van der Waals surface area contributed by atoms with E-state index in [1.165, 1.54) is 36.0 Å². The molecule has 5 heteroatoms. The number of amides is 1. The van der Waals surface area contributed by atoms with Crippen molar-refractivity contribution >= 4 is 23.2 Å². The van der Waals surface area contributed by atoms with Crippen molar-refractivity contribution in [3.8, 4) is 0 Å². The molecule has 1 aliphatic heterocycles. The van der Waals surface area contributed by atoms with Gasteiger partial charge in [-0.25, -0.2) is 0 Å².